The van der Waals surface area contributed by atoms with Crippen LogP contribution < -0.4 is 10.2 Å². The molecule has 1 fully saturated rings. The molecule has 0 atom stereocenters. The smallest absolute Gasteiger partial charge is 0.355 e. The van der Waals surface area contributed by atoms with Crippen molar-refractivity contribution in [1.29, 1.82) is 0 Å². The molecule has 0 aliphatic carbocycles. The molecule has 1 aliphatic heterocycles. The lowest BCUT2D eigenvalue weighted by atomic mass is 9.95. The maximum absolute atomic E-state index is 12.8. The Morgan fingerprint density at radius 1 is 1.23 bits per heavy atom. The maximum Gasteiger partial charge on any atom is 0.417 e. The van der Waals surface area contributed by atoms with E-state index < -0.39 is 21.6 Å². The number of halogens is 4. The molecule has 1 saturated heterocycles. The van der Waals surface area contributed by atoms with E-state index in [0.717, 1.165) is 18.5 Å². The Morgan fingerprint density at radius 3 is 2.42 bits per heavy atom. The fraction of sp³-hybridized carbons (Fsp3) is 0.400. The lowest BCUT2D eigenvalue weighted by Crippen LogP contribution is -2.38. The molecule has 0 bridgehead atoms. The Labute approximate surface area is 183 Å². The van der Waals surface area contributed by atoms with Crippen LogP contribution in [0.1, 0.15) is 24.0 Å². The molecule has 0 saturated carbocycles. The Balaban J connectivity index is 1.64. The molecule has 0 radical (unpaired) electrons. The molecule has 11 heteroatoms. The van der Waals surface area contributed by atoms with Crippen molar-refractivity contribution in [2.24, 2.45) is 5.92 Å². The molecule has 1 N–H and O–H groups in total. The highest BCUT2D eigenvalue weighted by Crippen LogP contribution is 2.34. The zero-order chi connectivity index (χ0) is 23.0. The SMILES string of the molecule is Cc1ccc(NC(=O)C2CCN(c3ncc(C(F)(F)F)cc3Cl)CC2)cc1S(C)(=O)=O. The Kier molecular flexibility index (Phi) is 6.52. The van der Waals surface area contributed by atoms with Gasteiger partial charge in [-0.05, 0) is 43.5 Å². The van der Waals surface area contributed by atoms with Crippen LogP contribution in [0.15, 0.2) is 35.4 Å². The highest BCUT2D eigenvalue weighted by atomic mass is 35.5. The number of carbonyl (C=O) groups is 1. The van der Waals surface area contributed by atoms with E-state index in [4.69, 9.17) is 11.6 Å². The van der Waals surface area contributed by atoms with Gasteiger partial charge in [0.2, 0.25) is 5.91 Å². The Hall–Kier alpha value is -2.33. The van der Waals surface area contributed by atoms with Crippen LogP contribution in [-0.2, 0) is 20.8 Å². The van der Waals surface area contributed by atoms with Crippen molar-refractivity contribution >= 4 is 38.9 Å². The average molecular weight is 476 g/mol. The third kappa shape index (κ3) is 5.48. The molecule has 0 unspecified atom stereocenters. The third-order valence-corrected chi connectivity index (χ3v) is 6.69. The number of hydrogen-bond donors (Lipinski definition) is 1. The number of nitrogens with one attached hydrogen (secondary N) is 1. The predicted octanol–water partition coefficient (Wildman–Crippen LogP) is 4.32. The summed E-state index contributed by atoms with van der Waals surface area (Å²) >= 11 is 6.01. The van der Waals surface area contributed by atoms with Crippen molar-refractivity contribution in [2.45, 2.75) is 30.8 Å². The van der Waals surface area contributed by atoms with Crippen LogP contribution in [0.3, 0.4) is 0 Å². The lowest BCUT2D eigenvalue weighted by molar-refractivity contribution is -0.137. The number of aromatic nitrogens is 1. The number of benzene rings is 1. The summed E-state index contributed by atoms with van der Waals surface area (Å²) in [6.45, 7) is 2.48. The monoisotopic (exact) mass is 475 g/mol. The molecule has 1 aliphatic rings. The molecule has 1 aromatic carbocycles. The molecular formula is C20H21ClF3N3O3S. The molecule has 2 aromatic rings. The number of sulfone groups is 1. The quantitative estimate of drug-likeness (QED) is 0.712. The van der Waals surface area contributed by atoms with E-state index in [0.29, 0.717) is 37.2 Å². The van der Waals surface area contributed by atoms with Crippen LogP contribution in [0.4, 0.5) is 24.7 Å². The lowest BCUT2D eigenvalue weighted by Gasteiger charge is -2.32. The van der Waals surface area contributed by atoms with Crippen LogP contribution in [0, 0.1) is 12.8 Å². The zero-order valence-corrected chi connectivity index (χ0v) is 18.4. The van der Waals surface area contributed by atoms with E-state index in [1.54, 1.807) is 24.0 Å². The molecule has 3 rings (SSSR count). The van der Waals surface area contributed by atoms with Crippen LogP contribution >= 0.6 is 11.6 Å². The first-order valence-electron chi connectivity index (χ1n) is 9.45. The number of anilines is 2. The second-order valence-electron chi connectivity index (χ2n) is 7.53. The van der Waals surface area contributed by atoms with Gasteiger partial charge < -0.3 is 10.2 Å². The van der Waals surface area contributed by atoms with E-state index in [1.165, 1.54) is 6.07 Å². The minimum Gasteiger partial charge on any atom is -0.355 e. The first-order chi connectivity index (χ1) is 14.4. The summed E-state index contributed by atoms with van der Waals surface area (Å²) in [5.74, 6) is -0.313. The topological polar surface area (TPSA) is 79.4 Å². The number of piperidine rings is 1. The van der Waals surface area contributed by atoms with Gasteiger partial charge in [-0.1, -0.05) is 17.7 Å². The van der Waals surface area contributed by atoms with Gasteiger partial charge in [0, 0.05) is 37.1 Å². The van der Waals surface area contributed by atoms with E-state index in [2.05, 4.69) is 10.3 Å². The first kappa shape index (κ1) is 23.3. The van der Waals surface area contributed by atoms with Crippen LogP contribution in [0.5, 0.6) is 0 Å². The highest BCUT2D eigenvalue weighted by Gasteiger charge is 2.33. The van der Waals surface area contributed by atoms with Gasteiger partial charge in [0.15, 0.2) is 9.84 Å². The third-order valence-electron chi connectivity index (χ3n) is 5.17. The van der Waals surface area contributed by atoms with Gasteiger partial charge >= 0.3 is 6.18 Å². The predicted molar refractivity (Wildman–Crippen MR) is 112 cm³/mol. The molecular weight excluding hydrogens is 455 g/mol. The molecule has 2 heterocycles. The van der Waals surface area contributed by atoms with Gasteiger partial charge in [-0.2, -0.15) is 13.2 Å². The van der Waals surface area contributed by atoms with Crippen molar-refractivity contribution in [2.75, 3.05) is 29.6 Å². The van der Waals surface area contributed by atoms with E-state index in [9.17, 15) is 26.4 Å². The van der Waals surface area contributed by atoms with Gasteiger partial charge in [0.1, 0.15) is 5.82 Å². The fourth-order valence-electron chi connectivity index (χ4n) is 3.49. The summed E-state index contributed by atoms with van der Waals surface area (Å²) in [6, 6.07) is 5.55. The van der Waals surface area contributed by atoms with Crippen molar-refractivity contribution in [3.05, 3.63) is 46.6 Å². The van der Waals surface area contributed by atoms with Crippen molar-refractivity contribution in [1.82, 2.24) is 4.98 Å². The molecule has 168 valence electrons. The zero-order valence-electron chi connectivity index (χ0n) is 16.8. The van der Waals surface area contributed by atoms with Gasteiger partial charge in [-0.3, -0.25) is 4.79 Å². The summed E-state index contributed by atoms with van der Waals surface area (Å²) < 4.78 is 62.1. The molecule has 31 heavy (non-hydrogen) atoms. The van der Waals surface area contributed by atoms with Crippen LogP contribution in [-0.4, -0.2) is 38.7 Å². The van der Waals surface area contributed by atoms with Gasteiger partial charge in [0.25, 0.3) is 0 Å². The summed E-state index contributed by atoms with van der Waals surface area (Å²) in [7, 11) is -3.42. The van der Waals surface area contributed by atoms with E-state index >= 15 is 0 Å². The Bertz CT molecular complexity index is 1100. The Morgan fingerprint density at radius 2 is 1.87 bits per heavy atom. The second kappa shape index (κ2) is 8.66. The molecule has 1 amide bonds. The van der Waals surface area contributed by atoms with Gasteiger partial charge in [0.05, 0.1) is 15.5 Å². The van der Waals surface area contributed by atoms with Gasteiger partial charge in [-0.15, -0.1) is 0 Å². The van der Waals surface area contributed by atoms with Crippen molar-refractivity contribution in [3.8, 4) is 0 Å². The summed E-state index contributed by atoms with van der Waals surface area (Å²) in [4.78, 5) is 18.4. The number of rotatable bonds is 4. The minimum atomic E-state index is -4.52. The largest absolute Gasteiger partial charge is 0.417 e. The van der Waals surface area contributed by atoms with E-state index in [-0.39, 0.29) is 27.6 Å². The highest BCUT2D eigenvalue weighted by molar-refractivity contribution is 7.90. The maximum atomic E-state index is 12.8. The molecule has 6 nitrogen and oxygen atoms in total. The second-order valence-corrected chi connectivity index (χ2v) is 9.92. The minimum absolute atomic E-state index is 0.0920. The number of pyridine rings is 1. The number of aryl methyl sites for hydroxylation is 1. The molecule has 0 spiro atoms. The summed E-state index contributed by atoms with van der Waals surface area (Å²) in [5, 5.41) is 2.66. The number of hydrogen-bond acceptors (Lipinski definition) is 5. The van der Waals surface area contributed by atoms with Crippen LogP contribution in [0.2, 0.25) is 5.02 Å². The summed E-state index contributed by atoms with van der Waals surface area (Å²) in [6.07, 6.45) is -1.76. The summed E-state index contributed by atoms with van der Waals surface area (Å²) in [5.41, 5.74) is 0.0720. The first-order valence-corrected chi connectivity index (χ1v) is 11.7. The van der Waals surface area contributed by atoms with Crippen molar-refractivity contribution < 1.29 is 26.4 Å². The van der Waals surface area contributed by atoms with E-state index in [1.807, 2.05) is 0 Å². The average Bonchev–Trinajstić information content (AvgIpc) is 2.68. The van der Waals surface area contributed by atoms with Crippen LogP contribution in [0.25, 0.3) is 0 Å². The standard InChI is InChI=1S/C20H21ClF3N3O3S/c1-12-3-4-15(10-17(12)31(2,29)30)26-19(28)13-5-7-27(8-6-13)18-16(21)9-14(11-25-18)20(22,23)24/h3-4,9-11,13H,5-8H2,1-2H3,(H,26,28). The molecule has 1 aromatic heterocycles. The number of nitrogens with zero attached hydrogens (tertiary/aromatic N) is 2. The van der Waals surface area contributed by atoms with Crippen molar-refractivity contribution in [3.63, 3.8) is 0 Å². The number of alkyl halides is 3. The normalized spacial score (nSPS) is 15.7. The number of amides is 1. The number of carbonyl (C=O) groups excluding carboxylic acids is 1. The van der Waals surface area contributed by atoms with Gasteiger partial charge in [-0.25, -0.2) is 13.4 Å². The fourth-order valence-corrected chi connectivity index (χ4v) is 4.77.